The highest BCUT2D eigenvalue weighted by molar-refractivity contribution is 5.84. The quantitative estimate of drug-likeness (QED) is 0.556. The van der Waals surface area contributed by atoms with Crippen LogP contribution in [0.5, 0.6) is 0 Å². The van der Waals surface area contributed by atoms with E-state index in [9.17, 15) is 4.79 Å². The fourth-order valence-electron chi connectivity index (χ4n) is 1.62. The van der Waals surface area contributed by atoms with Crippen LogP contribution in [0.4, 0.5) is 4.79 Å². The Balaban J connectivity index is 0.000000399. The third-order valence-corrected chi connectivity index (χ3v) is 2.43. The maximum absolute atomic E-state index is 10.6. The number of benzene rings is 1. The van der Waals surface area contributed by atoms with Crippen LogP contribution >= 0.6 is 0 Å². The Bertz CT molecular complexity index is 575. The number of nitrogens with one attached hydrogen (secondary N) is 1. The molecule has 0 fully saturated rings. The molecule has 19 heavy (non-hydrogen) atoms. The predicted molar refractivity (Wildman–Crippen MR) is 69.8 cm³/mol. The molecule has 1 aromatic carbocycles. The average molecular weight is 265 g/mol. The van der Waals surface area contributed by atoms with Crippen LogP contribution in [-0.4, -0.2) is 33.3 Å². The fraction of sp³-hybridized carbons (Fsp3) is 0.167. The molecule has 102 valence electrons. The zero-order chi connectivity index (χ0) is 14.4. The van der Waals surface area contributed by atoms with Crippen LogP contribution in [0.2, 0.25) is 0 Å². The van der Waals surface area contributed by atoms with Crippen LogP contribution in [0.3, 0.4) is 0 Å². The summed E-state index contributed by atoms with van der Waals surface area (Å²) in [5.74, 6) is -0.972. The monoisotopic (exact) mass is 265 g/mol. The lowest BCUT2D eigenvalue weighted by Crippen LogP contribution is -2.32. The zero-order valence-corrected chi connectivity index (χ0v) is 10.0. The third-order valence-electron chi connectivity index (χ3n) is 2.43. The van der Waals surface area contributed by atoms with Crippen molar-refractivity contribution in [2.75, 3.05) is 0 Å². The Hall–Kier alpha value is -2.54. The first-order valence-corrected chi connectivity index (χ1v) is 5.43. The number of carbonyl (C=O) groups is 2. The first-order chi connectivity index (χ1) is 8.91. The second-order valence-electron chi connectivity index (χ2n) is 3.85. The number of amides is 1. The van der Waals surface area contributed by atoms with Crippen LogP contribution in [-0.2, 0) is 11.2 Å². The number of carboxylic acid groups (broad SMARTS) is 2. The lowest BCUT2D eigenvalue weighted by atomic mass is 10.1. The minimum absolute atomic E-state index is 0.347. The number of hydrogen-bond donors (Lipinski definition) is 5. The summed E-state index contributed by atoms with van der Waals surface area (Å²) in [5.41, 5.74) is 11.5. The molecule has 7 N–H and O–H groups in total. The van der Waals surface area contributed by atoms with Gasteiger partial charge in [0.25, 0.3) is 0 Å². The van der Waals surface area contributed by atoms with Crippen molar-refractivity contribution in [2.24, 2.45) is 11.5 Å². The van der Waals surface area contributed by atoms with Crippen molar-refractivity contribution >= 4 is 23.0 Å². The third kappa shape index (κ3) is 4.32. The van der Waals surface area contributed by atoms with E-state index >= 15 is 0 Å². The molecule has 0 aliphatic rings. The van der Waals surface area contributed by atoms with Crippen molar-refractivity contribution in [3.63, 3.8) is 0 Å². The van der Waals surface area contributed by atoms with E-state index in [2.05, 4.69) is 10.7 Å². The highest BCUT2D eigenvalue weighted by Crippen LogP contribution is 2.18. The first-order valence-electron chi connectivity index (χ1n) is 5.43. The molecule has 0 aliphatic heterocycles. The summed E-state index contributed by atoms with van der Waals surface area (Å²) in [7, 11) is 0. The molecule has 1 aromatic heterocycles. The number of hydrogen-bond acceptors (Lipinski definition) is 3. The van der Waals surface area contributed by atoms with Crippen LogP contribution in [0.1, 0.15) is 5.56 Å². The van der Waals surface area contributed by atoms with Gasteiger partial charge in [-0.25, -0.2) is 4.79 Å². The highest BCUT2D eigenvalue weighted by Gasteiger charge is 2.14. The van der Waals surface area contributed by atoms with Gasteiger partial charge in [0.05, 0.1) is 0 Å². The van der Waals surface area contributed by atoms with Gasteiger partial charge in [-0.2, -0.15) is 0 Å². The van der Waals surface area contributed by atoms with Gasteiger partial charge in [-0.15, -0.1) is 0 Å². The summed E-state index contributed by atoms with van der Waals surface area (Å²) < 4.78 is 0. The van der Waals surface area contributed by atoms with E-state index in [1.165, 1.54) is 0 Å². The van der Waals surface area contributed by atoms with E-state index in [0.29, 0.717) is 6.42 Å². The van der Waals surface area contributed by atoms with Crippen molar-refractivity contribution in [3.05, 3.63) is 36.0 Å². The number of carboxylic acids is 1. The molecule has 0 aliphatic carbocycles. The maximum Gasteiger partial charge on any atom is 0.402 e. The molecule has 0 saturated heterocycles. The second kappa shape index (κ2) is 6.41. The molecular formula is C12H15N3O4. The Morgan fingerprint density at radius 1 is 1.26 bits per heavy atom. The lowest BCUT2D eigenvalue weighted by Gasteiger charge is -2.04. The molecule has 0 radical (unpaired) electrons. The van der Waals surface area contributed by atoms with Crippen LogP contribution in [0, 0.1) is 0 Å². The van der Waals surface area contributed by atoms with Crippen molar-refractivity contribution in [1.29, 1.82) is 0 Å². The zero-order valence-electron chi connectivity index (χ0n) is 10.0. The van der Waals surface area contributed by atoms with Crippen molar-refractivity contribution in [2.45, 2.75) is 12.5 Å². The van der Waals surface area contributed by atoms with Crippen LogP contribution < -0.4 is 11.5 Å². The molecule has 2 rings (SSSR count). The van der Waals surface area contributed by atoms with E-state index < -0.39 is 18.1 Å². The number of para-hydroxylation sites is 1. The van der Waals surface area contributed by atoms with Gasteiger partial charge in [-0.1, -0.05) is 18.2 Å². The largest absolute Gasteiger partial charge is 0.480 e. The number of aromatic nitrogens is 1. The molecule has 1 atom stereocenters. The van der Waals surface area contributed by atoms with Gasteiger partial charge in [0, 0.05) is 23.5 Å². The van der Waals surface area contributed by atoms with Crippen molar-refractivity contribution in [1.82, 2.24) is 4.98 Å². The molecule has 1 heterocycles. The first kappa shape index (κ1) is 14.5. The number of nitrogens with two attached hydrogens (primary N) is 2. The summed E-state index contributed by atoms with van der Waals surface area (Å²) in [5, 5.41) is 16.9. The summed E-state index contributed by atoms with van der Waals surface area (Å²) in [6.45, 7) is 0. The minimum Gasteiger partial charge on any atom is -0.480 e. The lowest BCUT2D eigenvalue weighted by molar-refractivity contribution is -0.138. The van der Waals surface area contributed by atoms with Gasteiger partial charge in [0.15, 0.2) is 0 Å². The van der Waals surface area contributed by atoms with E-state index in [0.717, 1.165) is 16.5 Å². The Kier molecular flexibility index (Phi) is 4.90. The molecule has 1 unspecified atom stereocenters. The number of H-pyrrole nitrogens is 1. The number of primary amides is 1. The van der Waals surface area contributed by atoms with Gasteiger partial charge in [-0.3, -0.25) is 4.79 Å². The topological polar surface area (TPSA) is 142 Å². The summed E-state index contributed by atoms with van der Waals surface area (Å²) in [4.78, 5) is 22.5. The van der Waals surface area contributed by atoms with Gasteiger partial charge < -0.3 is 26.7 Å². The molecular weight excluding hydrogens is 250 g/mol. The summed E-state index contributed by atoms with van der Waals surface area (Å²) in [6, 6.07) is 6.91. The Morgan fingerprint density at radius 2 is 1.84 bits per heavy atom. The summed E-state index contributed by atoms with van der Waals surface area (Å²) in [6.07, 6.45) is 0.826. The van der Waals surface area contributed by atoms with Gasteiger partial charge >= 0.3 is 12.1 Å². The van der Waals surface area contributed by atoms with Gasteiger partial charge in [0.1, 0.15) is 6.04 Å². The Morgan fingerprint density at radius 3 is 2.42 bits per heavy atom. The second-order valence-corrected chi connectivity index (χ2v) is 3.85. The van der Waals surface area contributed by atoms with E-state index in [4.69, 9.17) is 20.7 Å². The van der Waals surface area contributed by atoms with Gasteiger partial charge in [-0.05, 0) is 11.6 Å². The molecule has 1 amide bonds. The van der Waals surface area contributed by atoms with E-state index in [-0.39, 0.29) is 0 Å². The summed E-state index contributed by atoms with van der Waals surface area (Å²) >= 11 is 0. The average Bonchev–Trinajstić information content (AvgIpc) is 2.72. The van der Waals surface area contributed by atoms with E-state index in [1.54, 1.807) is 0 Å². The van der Waals surface area contributed by atoms with Crippen molar-refractivity contribution < 1.29 is 19.8 Å². The fourth-order valence-corrected chi connectivity index (χ4v) is 1.62. The number of rotatable bonds is 3. The molecule has 2 aromatic rings. The number of aliphatic carboxylic acids is 1. The normalized spacial score (nSPS) is 11.4. The van der Waals surface area contributed by atoms with Crippen LogP contribution in [0.15, 0.2) is 30.5 Å². The predicted octanol–water partition coefficient (Wildman–Crippen LogP) is 0.745. The van der Waals surface area contributed by atoms with E-state index in [1.807, 2.05) is 30.5 Å². The highest BCUT2D eigenvalue weighted by atomic mass is 16.4. The standard InChI is InChI=1S/C11H12N2O2.CH3NO2/c12-9(11(14)15)5-7-6-13-10-4-2-1-3-8(7)10;2-1(3)4/h1-4,6,9,13H,5,12H2,(H,14,15);2H2,(H,3,4). The SMILES string of the molecule is NC(=O)O.NC(Cc1c[nH]c2ccccc12)C(=O)O. The molecule has 7 heteroatoms. The minimum atomic E-state index is -1.33. The molecule has 0 spiro atoms. The molecule has 0 saturated carbocycles. The molecule has 7 nitrogen and oxygen atoms in total. The smallest absolute Gasteiger partial charge is 0.402 e. The number of fused-ring (bicyclic) bond motifs is 1. The van der Waals surface area contributed by atoms with Crippen LogP contribution in [0.25, 0.3) is 10.9 Å². The van der Waals surface area contributed by atoms with Crippen molar-refractivity contribution in [3.8, 4) is 0 Å². The Labute approximate surface area is 108 Å². The number of aromatic amines is 1. The molecule has 0 bridgehead atoms. The maximum atomic E-state index is 10.6. The van der Waals surface area contributed by atoms with Gasteiger partial charge in [0.2, 0.25) is 0 Å².